The van der Waals surface area contributed by atoms with Gasteiger partial charge in [0.05, 0.1) is 0 Å². The molecule has 1 aliphatic rings. The molecule has 0 atom stereocenters. The van der Waals surface area contributed by atoms with Crippen LogP contribution in [0, 0.1) is 25.9 Å². The van der Waals surface area contributed by atoms with Crippen molar-refractivity contribution in [2.75, 3.05) is 0 Å². The minimum Gasteiger partial charge on any atom is 0 e. The summed E-state index contributed by atoms with van der Waals surface area (Å²) in [4.78, 5) is 9.30. The molecule has 1 aliphatic carbocycles. The first-order chi connectivity index (χ1) is 22.7. The molecule has 0 unspecified atom stereocenters. The van der Waals surface area contributed by atoms with E-state index < -0.39 is 25.5 Å². The normalized spacial score (nSPS) is 13.9. The van der Waals surface area contributed by atoms with Crippen LogP contribution in [-0.4, -0.2) is 23.2 Å². The Labute approximate surface area is 295 Å². The first-order valence-corrected chi connectivity index (χ1v) is 22.8. The molecular formula is C42H40GeIrN2-2. The van der Waals surface area contributed by atoms with E-state index in [-0.39, 0.29) is 20.1 Å². The molecule has 2 aromatic heterocycles. The van der Waals surface area contributed by atoms with Gasteiger partial charge in [0, 0.05) is 41.4 Å². The van der Waals surface area contributed by atoms with Crippen LogP contribution in [0.5, 0.6) is 0 Å². The summed E-state index contributed by atoms with van der Waals surface area (Å²) in [5, 5.41) is 0. The number of hydrogen-bond acceptors (Lipinski definition) is 2. The predicted octanol–water partition coefficient (Wildman–Crippen LogP) is 10.2. The van der Waals surface area contributed by atoms with Crippen LogP contribution >= 0.6 is 0 Å². The predicted molar refractivity (Wildman–Crippen MR) is 192 cm³/mol. The number of rotatable bonds is 4. The molecule has 4 aromatic carbocycles. The Hall–Kier alpha value is -3.63. The molecule has 0 spiro atoms. The second-order valence-electron chi connectivity index (χ2n) is 13.2. The molecule has 4 heteroatoms. The maximum absolute atomic E-state index is 8.04. The Morgan fingerprint density at radius 2 is 1.46 bits per heavy atom. The van der Waals surface area contributed by atoms with Crippen molar-refractivity contribution in [1.29, 1.82) is 0 Å². The van der Waals surface area contributed by atoms with E-state index in [1.54, 1.807) is 6.07 Å². The smallest absolute Gasteiger partial charge is 0 e. The number of hydrogen-bond donors (Lipinski definition) is 0. The molecule has 2 nitrogen and oxygen atoms in total. The van der Waals surface area contributed by atoms with Crippen molar-refractivity contribution < 1.29 is 24.2 Å². The summed E-state index contributed by atoms with van der Waals surface area (Å²) in [5.74, 6) is 7.14. The second-order valence-corrected chi connectivity index (χ2v) is 23.9. The summed E-state index contributed by atoms with van der Waals surface area (Å²) in [5.41, 5.74) is 11.3. The van der Waals surface area contributed by atoms with E-state index in [0.29, 0.717) is 5.56 Å². The first kappa shape index (κ1) is 29.8. The molecule has 0 bridgehead atoms. The molecule has 1 radical (unpaired) electrons. The van der Waals surface area contributed by atoms with Crippen LogP contribution in [-0.2, 0) is 25.5 Å². The van der Waals surface area contributed by atoms with E-state index in [2.05, 4.69) is 91.6 Å². The zero-order valence-corrected chi connectivity index (χ0v) is 31.7. The van der Waals surface area contributed by atoms with Crippen molar-refractivity contribution in [3.8, 4) is 44.8 Å². The second kappa shape index (κ2) is 13.6. The molecule has 0 saturated carbocycles. The Morgan fingerprint density at radius 1 is 0.696 bits per heavy atom. The Morgan fingerprint density at radius 3 is 2.13 bits per heavy atom. The fourth-order valence-electron chi connectivity index (χ4n) is 6.11. The van der Waals surface area contributed by atoms with Crippen LogP contribution in [0.2, 0.25) is 17.3 Å². The van der Waals surface area contributed by atoms with Crippen LogP contribution in [0.4, 0.5) is 0 Å². The van der Waals surface area contributed by atoms with Crippen molar-refractivity contribution in [3.63, 3.8) is 0 Å². The van der Waals surface area contributed by atoms with Gasteiger partial charge in [0.15, 0.2) is 0 Å². The van der Waals surface area contributed by atoms with Crippen LogP contribution in [0.15, 0.2) is 116 Å². The number of benzene rings is 4. The standard InChI is InChI=1S/C28H24N.C14H16GeN.Ir/c1-18-13-14-21(15-23(18)20-10-6-5-7-11-20)26-16-25-24(17-29-26)22-12-8-9-19(2)27(22)28(25,3)4;1-15(2,3)13-9-10-14(16-11-13)12-7-5-4-6-8-12;/h5-13,15-17H,1-4H3;4-7,9-11H,1-3H3;/q2*-1;/i2D3;;. The van der Waals surface area contributed by atoms with Crippen molar-refractivity contribution in [2.45, 2.75) is 50.3 Å². The molecule has 2 heterocycles. The monoisotopic (exact) mass is 842 g/mol. The van der Waals surface area contributed by atoms with Crippen molar-refractivity contribution >= 4 is 17.7 Å². The van der Waals surface area contributed by atoms with Gasteiger partial charge in [-0.3, -0.25) is 0 Å². The fraction of sp³-hybridized carbons (Fsp3) is 0.190. The largest absolute Gasteiger partial charge is 0 e. The van der Waals surface area contributed by atoms with Gasteiger partial charge in [-0.15, -0.1) is 29.3 Å². The third kappa shape index (κ3) is 6.74. The Balaban J connectivity index is 0.000000233. The van der Waals surface area contributed by atoms with Gasteiger partial charge in [0.2, 0.25) is 0 Å². The van der Waals surface area contributed by atoms with Crippen molar-refractivity contribution in [1.82, 2.24) is 9.97 Å². The van der Waals surface area contributed by atoms with Gasteiger partial charge in [-0.1, -0.05) is 80.9 Å². The molecular weight excluding hydrogens is 797 g/mol. The fourth-order valence-corrected chi connectivity index (χ4v) is 8.28. The topological polar surface area (TPSA) is 25.8 Å². The van der Waals surface area contributed by atoms with Gasteiger partial charge >= 0.3 is 99.8 Å². The van der Waals surface area contributed by atoms with Crippen LogP contribution in [0.1, 0.15) is 40.2 Å². The summed E-state index contributed by atoms with van der Waals surface area (Å²) in [6, 6.07) is 41.0. The molecule has 0 amide bonds. The summed E-state index contributed by atoms with van der Waals surface area (Å²) in [7, 11) is 0. The van der Waals surface area contributed by atoms with E-state index in [1.807, 2.05) is 73.1 Å². The minimum absolute atomic E-state index is 0. The minimum atomic E-state index is -2.16. The average Bonchev–Trinajstić information content (AvgIpc) is 3.31. The van der Waals surface area contributed by atoms with Crippen molar-refractivity contribution in [2.24, 2.45) is 0 Å². The summed E-state index contributed by atoms with van der Waals surface area (Å²) < 4.78 is 25.6. The molecule has 46 heavy (non-hydrogen) atoms. The maximum Gasteiger partial charge on any atom is 0 e. The van der Waals surface area contributed by atoms with Gasteiger partial charge in [-0.25, -0.2) is 0 Å². The van der Waals surface area contributed by atoms with E-state index >= 15 is 0 Å². The van der Waals surface area contributed by atoms with Gasteiger partial charge < -0.3 is 4.98 Å². The molecule has 7 rings (SSSR count). The first-order valence-electron chi connectivity index (χ1n) is 16.9. The number of fused-ring (bicyclic) bond motifs is 3. The number of aryl methyl sites for hydroxylation is 2. The van der Waals surface area contributed by atoms with Gasteiger partial charge in [0.25, 0.3) is 0 Å². The third-order valence-corrected chi connectivity index (χ3v) is 12.9. The van der Waals surface area contributed by atoms with Gasteiger partial charge in [-0.05, 0) is 40.4 Å². The zero-order chi connectivity index (χ0) is 34.3. The molecule has 0 fully saturated rings. The Bertz CT molecular complexity index is 2070. The van der Waals surface area contributed by atoms with Crippen LogP contribution < -0.4 is 4.40 Å². The van der Waals surface area contributed by atoms with Gasteiger partial charge in [-0.2, -0.15) is 0 Å². The van der Waals surface area contributed by atoms with Crippen molar-refractivity contribution in [3.05, 3.63) is 150 Å². The third-order valence-electron chi connectivity index (χ3n) is 8.69. The Kier molecular flexibility index (Phi) is 8.81. The number of aromatic nitrogens is 2. The SMILES string of the molecule is [2H]C([2H])([2H])c1cccc2c1C(C)(C)c1cc(-c3[c-]cc(C)c(-c4ccccc4)c3)ncc1-2.[CH3][Ge]([CH3])([CH3])[c]1ccc(-c2[c-]cccc2)nc1.[Ir]. The number of pyridine rings is 2. The average molecular weight is 841 g/mol. The molecule has 6 aromatic rings. The summed E-state index contributed by atoms with van der Waals surface area (Å²) in [6.07, 6.45) is 3.92. The number of nitrogens with zero attached hydrogens (tertiary/aromatic N) is 2. The molecule has 0 aliphatic heterocycles. The van der Waals surface area contributed by atoms with E-state index in [1.165, 1.54) is 4.40 Å². The van der Waals surface area contributed by atoms with Gasteiger partial charge in [0.1, 0.15) is 0 Å². The molecule has 0 N–H and O–H groups in total. The van der Waals surface area contributed by atoms with E-state index in [0.717, 1.165) is 61.5 Å². The maximum atomic E-state index is 8.04. The molecule has 0 saturated heterocycles. The van der Waals surface area contributed by atoms with E-state index in [4.69, 9.17) is 9.10 Å². The molecule has 233 valence electrons. The van der Waals surface area contributed by atoms with Crippen LogP contribution in [0.25, 0.3) is 44.8 Å². The van der Waals surface area contributed by atoms with E-state index in [9.17, 15) is 0 Å². The summed E-state index contributed by atoms with van der Waals surface area (Å²) in [6.45, 7) is 4.14. The summed E-state index contributed by atoms with van der Waals surface area (Å²) >= 11 is -1.72. The zero-order valence-electron chi connectivity index (χ0n) is 30.2. The quantitative estimate of drug-likeness (QED) is 0.131. The van der Waals surface area contributed by atoms with Crippen LogP contribution in [0.3, 0.4) is 0 Å².